The van der Waals surface area contributed by atoms with E-state index in [4.69, 9.17) is 10.2 Å². The van der Waals surface area contributed by atoms with E-state index in [0.717, 1.165) is 6.21 Å². The maximum absolute atomic E-state index is 10.4. The molecule has 0 rings (SSSR count). The summed E-state index contributed by atoms with van der Waals surface area (Å²) in [4.78, 5) is 15.0. The molecule has 0 aromatic carbocycles. The molecule has 0 aromatic heterocycles. The third kappa shape index (κ3) is 15.0. The van der Waals surface area contributed by atoms with Gasteiger partial charge in [0.1, 0.15) is 0 Å². The smallest absolute Gasteiger partial charge is 0.174 e. The number of oxime groups is 1. The SMILES string of the molecule is CC.CC(=O)CO/N=C/C(O)CCC(O)CO. The van der Waals surface area contributed by atoms with Crippen molar-refractivity contribution in [2.75, 3.05) is 13.2 Å². The summed E-state index contributed by atoms with van der Waals surface area (Å²) in [6, 6.07) is 0. The molecule has 0 amide bonds. The van der Waals surface area contributed by atoms with E-state index in [1.807, 2.05) is 13.8 Å². The van der Waals surface area contributed by atoms with Crippen molar-refractivity contribution in [1.29, 1.82) is 0 Å². The van der Waals surface area contributed by atoms with E-state index in [2.05, 4.69) is 9.99 Å². The fraction of sp³-hybridized carbons (Fsp3) is 0.818. The number of nitrogens with zero attached hydrogens (tertiary/aromatic N) is 1. The lowest BCUT2D eigenvalue weighted by molar-refractivity contribution is -0.121. The Labute approximate surface area is 102 Å². The van der Waals surface area contributed by atoms with E-state index in [-0.39, 0.29) is 31.8 Å². The normalized spacial score (nSPS) is 13.8. The van der Waals surface area contributed by atoms with Gasteiger partial charge in [-0.15, -0.1) is 0 Å². The summed E-state index contributed by atoms with van der Waals surface area (Å²) in [5, 5.41) is 30.1. The molecule has 17 heavy (non-hydrogen) atoms. The van der Waals surface area contributed by atoms with Crippen LogP contribution in [0.2, 0.25) is 0 Å². The van der Waals surface area contributed by atoms with E-state index in [9.17, 15) is 9.90 Å². The topological polar surface area (TPSA) is 99.4 Å². The van der Waals surface area contributed by atoms with Gasteiger partial charge in [0.05, 0.1) is 25.0 Å². The van der Waals surface area contributed by atoms with Gasteiger partial charge < -0.3 is 20.2 Å². The first kappa shape index (κ1) is 18.4. The Morgan fingerprint density at radius 2 is 1.94 bits per heavy atom. The van der Waals surface area contributed by atoms with Gasteiger partial charge in [-0.25, -0.2) is 0 Å². The third-order valence-electron chi connectivity index (χ3n) is 1.58. The average molecular weight is 249 g/mol. The molecule has 0 saturated heterocycles. The number of rotatable bonds is 8. The predicted molar refractivity (Wildman–Crippen MR) is 64.8 cm³/mol. The Hall–Kier alpha value is -0.980. The Balaban J connectivity index is 0. The maximum Gasteiger partial charge on any atom is 0.174 e. The second kappa shape index (κ2) is 13.1. The van der Waals surface area contributed by atoms with E-state index >= 15 is 0 Å². The lowest BCUT2D eigenvalue weighted by Crippen LogP contribution is -2.17. The van der Waals surface area contributed by atoms with Gasteiger partial charge in [0, 0.05) is 0 Å². The van der Waals surface area contributed by atoms with Crippen LogP contribution >= 0.6 is 0 Å². The number of ketones is 1. The van der Waals surface area contributed by atoms with Crippen LogP contribution in [-0.2, 0) is 9.63 Å². The number of carbonyl (C=O) groups excluding carboxylic acids is 1. The number of aliphatic hydroxyl groups is 3. The van der Waals surface area contributed by atoms with E-state index in [1.54, 1.807) is 0 Å². The third-order valence-corrected chi connectivity index (χ3v) is 1.58. The molecule has 3 N–H and O–H groups in total. The highest BCUT2D eigenvalue weighted by atomic mass is 16.6. The number of hydrogen-bond donors (Lipinski definition) is 3. The van der Waals surface area contributed by atoms with Crippen LogP contribution in [0.4, 0.5) is 0 Å². The molecule has 2 atom stereocenters. The summed E-state index contributed by atoms with van der Waals surface area (Å²) in [6.45, 7) is 4.91. The lowest BCUT2D eigenvalue weighted by Gasteiger charge is -2.08. The van der Waals surface area contributed by atoms with Crippen LogP contribution in [0.5, 0.6) is 0 Å². The van der Waals surface area contributed by atoms with Crippen LogP contribution < -0.4 is 0 Å². The van der Waals surface area contributed by atoms with E-state index < -0.39 is 12.2 Å². The van der Waals surface area contributed by atoms with Crippen molar-refractivity contribution in [3.63, 3.8) is 0 Å². The molecule has 0 heterocycles. The molecule has 0 spiro atoms. The van der Waals surface area contributed by atoms with Crippen molar-refractivity contribution in [3.05, 3.63) is 0 Å². The largest absolute Gasteiger partial charge is 0.394 e. The lowest BCUT2D eigenvalue weighted by atomic mass is 10.1. The molecule has 6 nitrogen and oxygen atoms in total. The van der Waals surface area contributed by atoms with Crippen LogP contribution in [0, 0.1) is 0 Å². The fourth-order valence-corrected chi connectivity index (χ4v) is 0.770. The molecule has 0 aliphatic carbocycles. The highest BCUT2D eigenvalue weighted by Gasteiger charge is 2.06. The zero-order valence-electron chi connectivity index (χ0n) is 10.7. The first-order chi connectivity index (χ1) is 8.06. The molecule has 0 aliphatic rings. The van der Waals surface area contributed by atoms with Gasteiger partial charge in [-0.1, -0.05) is 19.0 Å². The molecular formula is C11H23NO5. The van der Waals surface area contributed by atoms with Crippen LogP contribution in [0.1, 0.15) is 33.6 Å². The summed E-state index contributed by atoms with van der Waals surface area (Å²) in [5.41, 5.74) is 0. The number of hydrogen-bond acceptors (Lipinski definition) is 6. The van der Waals surface area contributed by atoms with Gasteiger partial charge in [0.15, 0.2) is 12.4 Å². The minimum absolute atomic E-state index is 0.123. The molecule has 0 bridgehead atoms. The van der Waals surface area contributed by atoms with E-state index in [0.29, 0.717) is 0 Å². The van der Waals surface area contributed by atoms with Gasteiger partial charge in [0.25, 0.3) is 0 Å². The average Bonchev–Trinajstić information content (AvgIpc) is 2.33. The monoisotopic (exact) mass is 249 g/mol. The second-order valence-electron chi connectivity index (χ2n) is 3.21. The van der Waals surface area contributed by atoms with Crippen molar-refractivity contribution in [3.8, 4) is 0 Å². The van der Waals surface area contributed by atoms with Crippen molar-refractivity contribution < 1.29 is 25.0 Å². The predicted octanol–water partition coefficient (Wildman–Crippen LogP) is 0.0983. The number of Topliss-reactive ketones (excluding diaryl/α,β-unsaturated/α-hetero) is 1. The molecule has 0 saturated carbocycles. The molecule has 0 aliphatic heterocycles. The molecular weight excluding hydrogens is 226 g/mol. The summed E-state index contributed by atoms with van der Waals surface area (Å²) in [5.74, 6) is -0.155. The number of aliphatic hydroxyl groups excluding tert-OH is 3. The second-order valence-corrected chi connectivity index (χ2v) is 3.21. The summed E-state index contributed by atoms with van der Waals surface area (Å²) in [6.07, 6.45) is 0.0160. The Kier molecular flexibility index (Phi) is 14.2. The van der Waals surface area contributed by atoms with Crippen molar-refractivity contribution in [1.82, 2.24) is 0 Å². The highest BCUT2D eigenvalue weighted by molar-refractivity contribution is 5.76. The van der Waals surface area contributed by atoms with Crippen LogP contribution in [0.15, 0.2) is 5.16 Å². The molecule has 0 fully saturated rings. The standard InChI is InChI=1S/C9H17NO5.C2H6/c1-7(12)6-15-10-4-8(13)2-3-9(14)5-11;1-2/h4,8-9,11,13-14H,2-3,5-6H2,1H3;1-2H3/b10-4+;. The van der Waals surface area contributed by atoms with Gasteiger partial charge in [-0.2, -0.15) is 0 Å². The minimum atomic E-state index is -0.849. The Morgan fingerprint density at radius 3 is 2.41 bits per heavy atom. The van der Waals surface area contributed by atoms with Crippen molar-refractivity contribution in [2.24, 2.45) is 5.16 Å². The van der Waals surface area contributed by atoms with Crippen molar-refractivity contribution in [2.45, 2.75) is 45.8 Å². The maximum atomic E-state index is 10.4. The van der Waals surface area contributed by atoms with Crippen LogP contribution in [0.25, 0.3) is 0 Å². The first-order valence-corrected chi connectivity index (χ1v) is 5.68. The Bertz CT molecular complexity index is 208. The summed E-state index contributed by atoms with van der Waals surface area (Å²) < 4.78 is 0. The summed E-state index contributed by atoms with van der Waals surface area (Å²) >= 11 is 0. The van der Waals surface area contributed by atoms with Crippen LogP contribution in [-0.4, -0.2) is 52.7 Å². The summed E-state index contributed by atoms with van der Waals surface area (Å²) in [7, 11) is 0. The minimum Gasteiger partial charge on any atom is -0.394 e. The zero-order valence-corrected chi connectivity index (χ0v) is 10.7. The van der Waals surface area contributed by atoms with Gasteiger partial charge >= 0.3 is 0 Å². The Morgan fingerprint density at radius 1 is 1.35 bits per heavy atom. The number of carbonyl (C=O) groups is 1. The molecule has 6 heteroatoms. The van der Waals surface area contributed by atoms with Crippen LogP contribution in [0.3, 0.4) is 0 Å². The highest BCUT2D eigenvalue weighted by Crippen LogP contribution is 1.99. The fourth-order valence-electron chi connectivity index (χ4n) is 0.770. The van der Waals surface area contributed by atoms with Gasteiger partial charge in [-0.3, -0.25) is 4.79 Å². The first-order valence-electron chi connectivity index (χ1n) is 5.68. The zero-order chi connectivity index (χ0) is 13.7. The van der Waals surface area contributed by atoms with Gasteiger partial charge in [-0.05, 0) is 19.8 Å². The molecule has 0 radical (unpaired) electrons. The quantitative estimate of drug-likeness (QED) is 0.418. The molecule has 102 valence electrons. The van der Waals surface area contributed by atoms with Gasteiger partial charge in [0.2, 0.25) is 0 Å². The molecule has 2 unspecified atom stereocenters. The van der Waals surface area contributed by atoms with Crippen molar-refractivity contribution >= 4 is 12.0 Å². The van der Waals surface area contributed by atoms with E-state index in [1.165, 1.54) is 6.92 Å². The molecule has 0 aromatic rings.